The maximum atomic E-state index is 11.9. The minimum Gasteiger partial charge on any atom is -0.339 e. The number of carbonyl (C=O) groups excluding carboxylic acids is 1. The van der Waals surface area contributed by atoms with Crippen molar-refractivity contribution in [3.8, 4) is 0 Å². The van der Waals surface area contributed by atoms with Gasteiger partial charge in [0, 0.05) is 32.2 Å². The summed E-state index contributed by atoms with van der Waals surface area (Å²) >= 11 is 0. The quantitative estimate of drug-likeness (QED) is 0.541. The molecule has 2 aliphatic heterocycles. The summed E-state index contributed by atoms with van der Waals surface area (Å²) in [6.45, 7) is 8.86. The van der Waals surface area contributed by atoms with E-state index >= 15 is 0 Å². The average Bonchev–Trinajstić information content (AvgIpc) is 2.76. The summed E-state index contributed by atoms with van der Waals surface area (Å²) in [4.78, 5) is 16.4. The van der Waals surface area contributed by atoms with Gasteiger partial charge in [-0.05, 0) is 19.4 Å². The van der Waals surface area contributed by atoms with Gasteiger partial charge in [-0.15, -0.1) is 6.58 Å². The molecule has 90 valence electrons. The van der Waals surface area contributed by atoms with Gasteiger partial charge < -0.3 is 10.2 Å². The zero-order valence-electron chi connectivity index (χ0n) is 9.82. The molecule has 2 heterocycles. The summed E-state index contributed by atoms with van der Waals surface area (Å²) in [5.74, 6) is 0.230. The number of hydrogen-bond donors (Lipinski definition) is 1. The van der Waals surface area contributed by atoms with E-state index in [1.807, 2.05) is 4.90 Å². The first-order chi connectivity index (χ1) is 7.81. The van der Waals surface area contributed by atoms with Gasteiger partial charge in [-0.2, -0.15) is 0 Å². The Kier molecular flexibility index (Phi) is 3.96. The molecule has 2 rings (SSSR count). The molecule has 0 aliphatic carbocycles. The molecule has 0 saturated carbocycles. The summed E-state index contributed by atoms with van der Waals surface area (Å²) in [6, 6.07) is 0.622. The molecule has 0 radical (unpaired) electrons. The van der Waals surface area contributed by atoms with Gasteiger partial charge in [0.2, 0.25) is 5.91 Å². The van der Waals surface area contributed by atoms with E-state index < -0.39 is 0 Å². The molecular weight excluding hydrogens is 202 g/mol. The number of piperazine rings is 1. The van der Waals surface area contributed by atoms with Crippen LogP contribution in [0.1, 0.15) is 12.8 Å². The molecule has 1 amide bonds. The van der Waals surface area contributed by atoms with E-state index in [0.29, 0.717) is 19.1 Å². The van der Waals surface area contributed by atoms with Crippen LogP contribution in [0.25, 0.3) is 0 Å². The molecule has 1 unspecified atom stereocenters. The van der Waals surface area contributed by atoms with Crippen LogP contribution in [0.3, 0.4) is 0 Å². The lowest BCUT2D eigenvalue weighted by Crippen LogP contribution is -2.53. The van der Waals surface area contributed by atoms with Crippen molar-refractivity contribution in [3.05, 3.63) is 12.7 Å². The third-order valence-electron chi connectivity index (χ3n) is 3.50. The topological polar surface area (TPSA) is 35.6 Å². The standard InChI is InChI=1S/C12H21N3O/c1-2-5-13-9-12(16)15-8-7-14-6-3-4-11(14)10-15/h2,11,13H,1,3-10H2. The Balaban J connectivity index is 1.77. The van der Waals surface area contributed by atoms with Crippen molar-refractivity contribution in [3.63, 3.8) is 0 Å². The Hall–Kier alpha value is -0.870. The van der Waals surface area contributed by atoms with Gasteiger partial charge in [0.25, 0.3) is 0 Å². The first-order valence-corrected chi connectivity index (χ1v) is 6.14. The fourth-order valence-corrected chi connectivity index (χ4v) is 2.61. The predicted molar refractivity (Wildman–Crippen MR) is 64.2 cm³/mol. The second-order valence-electron chi connectivity index (χ2n) is 4.59. The number of rotatable bonds is 4. The SMILES string of the molecule is C=CCNCC(=O)N1CCN2CCCC2C1. The van der Waals surface area contributed by atoms with Gasteiger partial charge >= 0.3 is 0 Å². The molecule has 2 aliphatic rings. The number of fused-ring (bicyclic) bond motifs is 1. The Labute approximate surface area is 97.3 Å². The van der Waals surface area contributed by atoms with Gasteiger partial charge in [0.1, 0.15) is 0 Å². The van der Waals surface area contributed by atoms with Crippen molar-refractivity contribution in [2.45, 2.75) is 18.9 Å². The first-order valence-electron chi connectivity index (χ1n) is 6.14. The second kappa shape index (κ2) is 5.46. The number of hydrogen-bond acceptors (Lipinski definition) is 3. The van der Waals surface area contributed by atoms with E-state index in [0.717, 1.165) is 19.6 Å². The predicted octanol–water partition coefficient (Wildman–Crippen LogP) is 0.0686. The molecule has 1 N–H and O–H groups in total. The van der Waals surface area contributed by atoms with Crippen LogP contribution in [0.4, 0.5) is 0 Å². The maximum absolute atomic E-state index is 11.9. The summed E-state index contributed by atoms with van der Waals surface area (Å²) in [6.07, 6.45) is 4.33. The summed E-state index contributed by atoms with van der Waals surface area (Å²) in [5.41, 5.74) is 0. The minimum absolute atomic E-state index is 0.230. The molecule has 0 aromatic heterocycles. The molecule has 1 atom stereocenters. The highest BCUT2D eigenvalue weighted by molar-refractivity contribution is 5.78. The molecule has 0 aromatic rings. The highest BCUT2D eigenvalue weighted by atomic mass is 16.2. The zero-order valence-corrected chi connectivity index (χ0v) is 9.82. The van der Waals surface area contributed by atoms with Crippen molar-refractivity contribution >= 4 is 5.91 Å². The van der Waals surface area contributed by atoms with Crippen molar-refractivity contribution in [1.29, 1.82) is 0 Å². The van der Waals surface area contributed by atoms with E-state index in [1.165, 1.54) is 19.4 Å². The van der Waals surface area contributed by atoms with Gasteiger partial charge in [-0.3, -0.25) is 9.69 Å². The lowest BCUT2D eigenvalue weighted by Gasteiger charge is -2.37. The number of amides is 1. The largest absolute Gasteiger partial charge is 0.339 e. The van der Waals surface area contributed by atoms with Crippen LogP contribution in [0.5, 0.6) is 0 Å². The smallest absolute Gasteiger partial charge is 0.236 e. The number of nitrogens with one attached hydrogen (secondary N) is 1. The summed E-state index contributed by atoms with van der Waals surface area (Å²) < 4.78 is 0. The number of carbonyl (C=O) groups is 1. The summed E-state index contributed by atoms with van der Waals surface area (Å²) in [5, 5.41) is 3.07. The highest BCUT2D eigenvalue weighted by Gasteiger charge is 2.31. The van der Waals surface area contributed by atoms with Crippen LogP contribution in [0, 0.1) is 0 Å². The third kappa shape index (κ3) is 2.62. The van der Waals surface area contributed by atoms with Gasteiger partial charge in [-0.1, -0.05) is 6.08 Å². The van der Waals surface area contributed by atoms with Crippen LogP contribution >= 0.6 is 0 Å². The van der Waals surface area contributed by atoms with Crippen LogP contribution in [-0.4, -0.2) is 61.0 Å². The second-order valence-corrected chi connectivity index (χ2v) is 4.59. The van der Waals surface area contributed by atoms with Crippen LogP contribution in [0.15, 0.2) is 12.7 Å². The van der Waals surface area contributed by atoms with E-state index in [2.05, 4.69) is 16.8 Å². The molecule has 2 saturated heterocycles. The van der Waals surface area contributed by atoms with E-state index in [-0.39, 0.29) is 5.91 Å². The van der Waals surface area contributed by atoms with Gasteiger partial charge in [0.05, 0.1) is 6.54 Å². The fourth-order valence-electron chi connectivity index (χ4n) is 2.61. The minimum atomic E-state index is 0.230. The van der Waals surface area contributed by atoms with Gasteiger partial charge in [-0.25, -0.2) is 0 Å². The Bertz CT molecular complexity index is 267. The van der Waals surface area contributed by atoms with Crippen molar-refractivity contribution in [1.82, 2.24) is 15.1 Å². The molecule has 0 aromatic carbocycles. The average molecular weight is 223 g/mol. The summed E-state index contributed by atoms with van der Waals surface area (Å²) in [7, 11) is 0. The third-order valence-corrected chi connectivity index (χ3v) is 3.50. The van der Waals surface area contributed by atoms with Gasteiger partial charge in [0.15, 0.2) is 0 Å². The van der Waals surface area contributed by atoms with Crippen LogP contribution in [-0.2, 0) is 4.79 Å². The monoisotopic (exact) mass is 223 g/mol. The fraction of sp³-hybridized carbons (Fsp3) is 0.750. The van der Waals surface area contributed by atoms with Crippen LogP contribution in [0.2, 0.25) is 0 Å². The molecule has 4 nitrogen and oxygen atoms in total. The van der Waals surface area contributed by atoms with Crippen molar-refractivity contribution in [2.24, 2.45) is 0 Å². The lowest BCUT2D eigenvalue weighted by molar-refractivity contribution is -0.132. The van der Waals surface area contributed by atoms with E-state index in [1.54, 1.807) is 6.08 Å². The molecule has 2 fully saturated rings. The molecular formula is C12H21N3O. The highest BCUT2D eigenvalue weighted by Crippen LogP contribution is 2.21. The van der Waals surface area contributed by atoms with Crippen molar-refractivity contribution < 1.29 is 4.79 Å². The van der Waals surface area contributed by atoms with E-state index in [4.69, 9.17) is 0 Å². The lowest BCUT2D eigenvalue weighted by atomic mass is 10.1. The Morgan fingerprint density at radius 1 is 1.44 bits per heavy atom. The maximum Gasteiger partial charge on any atom is 0.236 e. The molecule has 4 heteroatoms. The Morgan fingerprint density at radius 3 is 3.12 bits per heavy atom. The Morgan fingerprint density at radius 2 is 2.31 bits per heavy atom. The zero-order chi connectivity index (χ0) is 11.4. The van der Waals surface area contributed by atoms with Crippen LogP contribution < -0.4 is 5.32 Å². The molecule has 0 spiro atoms. The van der Waals surface area contributed by atoms with Crippen molar-refractivity contribution in [2.75, 3.05) is 39.3 Å². The number of nitrogens with zero attached hydrogens (tertiary/aromatic N) is 2. The normalized spacial score (nSPS) is 25.5. The van der Waals surface area contributed by atoms with E-state index in [9.17, 15) is 4.79 Å². The molecule has 16 heavy (non-hydrogen) atoms. The molecule has 0 bridgehead atoms. The first kappa shape index (κ1) is 11.6.